The lowest BCUT2D eigenvalue weighted by Gasteiger charge is -2.37. The van der Waals surface area contributed by atoms with Crippen LogP contribution in [-0.4, -0.2) is 15.8 Å². The van der Waals surface area contributed by atoms with Gasteiger partial charge in [-0.2, -0.15) is 0 Å². The third-order valence-electron chi connectivity index (χ3n) is 6.23. The third kappa shape index (κ3) is 2.42. The zero-order chi connectivity index (χ0) is 18.5. The number of hydrogen-bond donors (Lipinski definition) is 0. The Morgan fingerprint density at radius 1 is 1.27 bits per heavy atom. The smallest absolute Gasteiger partial charge is 0.258 e. The SMILES string of the molecule is C=CCn1c(SC)nc2c(c1=O)C1(CCCC1)Cc1c(C)ccc(C)c1-2. The van der Waals surface area contributed by atoms with Crippen LogP contribution in [0.25, 0.3) is 11.3 Å². The first-order valence-corrected chi connectivity index (χ1v) is 10.6. The summed E-state index contributed by atoms with van der Waals surface area (Å²) in [6.07, 6.45) is 9.35. The fraction of sp³-hybridized carbons (Fsp3) is 0.455. The van der Waals surface area contributed by atoms with Crippen molar-refractivity contribution in [3.05, 3.63) is 57.4 Å². The first-order valence-electron chi connectivity index (χ1n) is 9.42. The van der Waals surface area contributed by atoms with Crippen molar-refractivity contribution >= 4 is 11.8 Å². The van der Waals surface area contributed by atoms with Crippen LogP contribution in [0.15, 0.2) is 34.7 Å². The van der Waals surface area contributed by atoms with Gasteiger partial charge in [0.25, 0.3) is 5.56 Å². The van der Waals surface area contributed by atoms with E-state index in [-0.39, 0.29) is 11.0 Å². The molecule has 1 aromatic heterocycles. The van der Waals surface area contributed by atoms with E-state index in [1.807, 2.05) is 10.8 Å². The minimum Gasteiger partial charge on any atom is -0.283 e. The zero-order valence-electron chi connectivity index (χ0n) is 15.9. The molecular weight excluding hydrogens is 340 g/mol. The highest BCUT2D eigenvalue weighted by Crippen LogP contribution is 2.51. The molecular formula is C22H26N2OS. The minimum absolute atomic E-state index is 0.0369. The van der Waals surface area contributed by atoms with E-state index in [9.17, 15) is 4.79 Å². The van der Waals surface area contributed by atoms with E-state index in [1.54, 1.807) is 17.8 Å². The average molecular weight is 367 g/mol. The molecule has 3 nitrogen and oxygen atoms in total. The van der Waals surface area contributed by atoms with Gasteiger partial charge in [-0.15, -0.1) is 6.58 Å². The predicted octanol–water partition coefficient (Wildman–Crippen LogP) is 4.80. The number of aryl methyl sites for hydroxylation is 2. The highest BCUT2D eigenvalue weighted by Gasteiger charge is 2.45. The molecule has 0 radical (unpaired) electrons. The van der Waals surface area contributed by atoms with E-state index in [1.165, 1.54) is 35.1 Å². The molecule has 1 aromatic carbocycles. The number of thioether (sulfide) groups is 1. The summed E-state index contributed by atoms with van der Waals surface area (Å²) in [6.45, 7) is 8.70. The highest BCUT2D eigenvalue weighted by atomic mass is 32.2. The normalized spacial score (nSPS) is 17.2. The molecule has 1 heterocycles. The molecule has 4 heteroatoms. The first-order chi connectivity index (χ1) is 12.5. The summed E-state index contributed by atoms with van der Waals surface area (Å²) in [4.78, 5) is 18.7. The Balaban J connectivity index is 2.12. The Labute approximate surface area is 159 Å². The van der Waals surface area contributed by atoms with Crippen molar-refractivity contribution in [3.8, 4) is 11.3 Å². The lowest BCUT2D eigenvalue weighted by Crippen LogP contribution is -2.40. The maximum absolute atomic E-state index is 13.6. The molecule has 1 spiro atoms. The molecule has 136 valence electrons. The summed E-state index contributed by atoms with van der Waals surface area (Å²) in [5.74, 6) is 0. The second-order valence-electron chi connectivity index (χ2n) is 7.74. The monoisotopic (exact) mass is 366 g/mol. The molecule has 0 saturated heterocycles. The molecule has 0 N–H and O–H groups in total. The summed E-state index contributed by atoms with van der Waals surface area (Å²) in [5.41, 5.74) is 7.18. The number of rotatable bonds is 3. The average Bonchev–Trinajstić information content (AvgIpc) is 3.08. The summed E-state index contributed by atoms with van der Waals surface area (Å²) in [6, 6.07) is 4.39. The van der Waals surface area contributed by atoms with Gasteiger partial charge in [-0.25, -0.2) is 4.98 Å². The van der Waals surface area contributed by atoms with Crippen LogP contribution in [0.1, 0.15) is 47.9 Å². The Hall–Kier alpha value is -1.81. The maximum Gasteiger partial charge on any atom is 0.258 e. The predicted molar refractivity (Wildman–Crippen MR) is 109 cm³/mol. The standard InChI is InChI=1S/C22H26N2OS/c1-5-12-24-20(25)18-19(23-21(24)26-4)17-15(3)9-8-14(2)16(17)13-22(18)10-6-7-11-22/h5,8-9H,1,6-7,10-13H2,2-4H3. The fourth-order valence-corrected chi connectivity index (χ4v) is 5.53. The van der Waals surface area contributed by atoms with Gasteiger partial charge in [0.15, 0.2) is 5.16 Å². The molecule has 2 aliphatic rings. The van der Waals surface area contributed by atoms with Gasteiger partial charge in [0.1, 0.15) is 0 Å². The van der Waals surface area contributed by atoms with Gasteiger partial charge < -0.3 is 0 Å². The van der Waals surface area contributed by atoms with Crippen LogP contribution in [0.2, 0.25) is 0 Å². The Kier molecular flexibility index (Phi) is 4.34. The lowest BCUT2D eigenvalue weighted by molar-refractivity contribution is 0.417. The summed E-state index contributed by atoms with van der Waals surface area (Å²) in [5, 5.41) is 0.788. The van der Waals surface area contributed by atoms with Crippen LogP contribution in [0.5, 0.6) is 0 Å². The quantitative estimate of drug-likeness (QED) is 0.444. The van der Waals surface area contributed by atoms with E-state index in [0.717, 1.165) is 35.7 Å². The van der Waals surface area contributed by atoms with Crippen molar-refractivity contribution in [3.63, 3.8) is 0 Å². The van der Waals surface area contributed by atoms with Crippen LogP contribution in [0.3, 0.4) is 0 Å². The van der Waals surface area contributed by atoms with Crippen LogP contribution < -0.4 is 5.56 Å². The number of fused-ring (bicyclic) bond motifs is 4. The summed E-state index contributed by atoms with van der Waals surface area (Å²) < 4.78 is 1.81. The molecule has 2 aliphatic carbocycles. The van der Waals surface area contributed by atoms with Crippen LogP contribution in [-0.2, 0) is 18.4 Å². The highest BCUT2D eigenvalue weighted by molar-refractivity contribution is 7.98. The number of allylic oxidation sites excluding steroid dienone is 1. The largest absolute Gasteiger partial charge is 0.283 e. The van der Waals surface area contributed by atoms with E-state index in [4.69, 9.17) is 4.98 Å². The Bertz CT molecular complexity index is 952. The molecule has 1 saturated carbocycles. The third-order valence-corrected chi connectivity index (χ3v) is 6.90. The zero-order valence-corrected chi connectivity index (χ0v) is 16.7. The number of hydrogen-bond acceptors (Lipinski definition) is 3. The van der Waals surface area contributed by atoms with E-state index in [2.05, 4.69) is 32.6 Å². The maximum atomic E-state index is 13.6. The van der Waals surface area contributed by atoms with Crippen molar-refractivity contribution in [2.45, 2.75) is 63.1 Å². The molecule has 0 aliphatic heterocycles. The summed E-state index contributed by atoms with van der Waals surface area (Å²) >= 11 is 1.54. The van der Waals surface area contributed by atoms with Crippen molar-refractivity contribution in [2.24, 2.45) is 0 Å². The van der Waals surface area contributed by atoms with E-state index < -0.39 is 0 Å². The molecule has 0 amide bonds. The minimum atomic E-state index is -0.0369. The van der Waals surface area contributed by atoms with E-state index >= 15 is 0 Å². The van der Waals surface area contributed by atoms with Gasteiger partial charge in [-0.1, -0.05) is 42.8 Å². The van der Waals surface area contributed by atoms with Gasteiger partial charge in [0, 0.05) is 17.5 Å². The molecule has 0 unspecified atom stereocenters. The molecule has 4 rings (SSSR count). The van der Waals surface area contributed by atoms with Crippen molar-refractivity contribution < 1.29 is 0 Å². The molecule has 2 aromatic rings. The Morgan fingerprint density at radius 3 is 2.62 bits per heavy atom. The van der Waals surface area contributed by atoms with Gasteiger partial charge >= 0.3 is 0 Å². The van der Waals surface area contributed by atoms with E-state index in [0.29, 0.717) is 6.54 Å². The first kappa shape index (κ1) is 17.6. The molecule has 26 heavy (non-hydrogen) atoms. The topological polar surface area (TPSA) is 34.9 Å². The van der Waals surface area contributed by atoms with Crippen molar-refractivity contribution in [1.82, 2.24) is 9.55 Å². The lowest BCUT2D eigenvalue weighted by atomic mass is 9.67. The second kappa shape index (κ2) is 6.41. The Morgan fingerprint density at radius 2 is 1.96 bits per heavy atom. The number of aromatic nitrogens is 2. The molecule has 1 fully saturated rings. The van der Waals surface area contributed by atoms with Gasteiger partial charge in [-0.05, 0) is 56.1 Å². The number of nitrogens with zero attached hydrogens (tertiary/aromatic N) is 2. The van der Waals surface area contributed by atoms with Gasteiger partial charge in [0.05, 0.1) is 11.3 Å². The molecule has 0 atom stereocenters. The number of benzene rings is 1. The van der Waals surface area contributed by atoms with Crippen LogP contribution >= 0.6 is 11.8 Å². The molecule has 0 bridgehead atoms. The van der Waals surface area contributed by atoms with Gasteiger partial charge in [-0.3, -0.25) is 9.36 Å². The van der Waals surface area contributed by atoms with Crippen molar-refractivity contribution in [2.75, 3.05) is 6.26 Å². The second-order valence-corrected chi connectivity index (χ2v) is 8.52. The van der Waals surface area contributed by atoms with Crippen molar-refractivity contribution in [1.29, 1.82) is 0 Å². The van der Waals surface area contributed by atoms with Crippen LogP contribution in [0.4, 0.5) is 0 Å². The summed E-state index contributed by atoms with van der Waals surface area (Å²) in [7, 11) is 0. The van der Waals surface area contributed by atoms with Crippen LogP contribution in [0, 0.1) is 13.8 Å². The fourth-order valence-electron chi connectivity index (χ4n) is 4.97. The van der Waals surface area contributed by atoms with Gasteiger partial charge in [0.2, 0.25) is 0 Å².